The van der Waals surface area contributed by atoms with Gasteiger partial charge in [0.2, 0.25) is 17.7 Å². The summed E-state index contributed by atoms with van der Waals surface area (Å²) >= 11 is 1.66. The van der Waals surface area contributed by atoms with Crippen LogP contribution in [-0.4, -0.2) is 40.4 Å². The van der Waals surface area contributed by atoms with Crippen LogP contribution in [0.2, 0.25) is 0 Å². The number of carbonyl (C=O) groups is 3. The molecular formula is C31H32N4O3S. The number of likely N-dealkylation sites (tertiary alicyclic amines) is 1. The molecule has 6 rings (SSSR count). The van der Waals surface area contributed by atoms with E-state index < -0.39 is 10.8 Å². The molecule has 1 aromatic heterocycles. The Bertz CT molecular complexity index is 1500. The van der Waals surface area contributed by atoms with E-state index in [-0.39, 0.29) is 30.3 Å². The Morgan fingerprint density at radius 1 is 1.10 bits per heavy atom. The van der Waals surface area contributed by atoms with Gasteiger partial charge in [0.15, 0.2) is 0 Å². The number of fused-ring (bicyclic) bond motifs is 3. The van der Waals surface area contributed by atoms with Crippen molar-refractivity contribution in [1.29, 1.82) is 0 Å². The van der Waals surface area contributed by atoms with E-state index >= 15 is 0 Å². The third kappa shape index (κ3) is 4.31. The summed E-state index contributed by atoms with van der Waals surface area (Å²) < 4.78 is 0. The topological polar surface area (TPSA) is 91.4 Å². The van der Waals surface area contributed by atoms with Crippen LogP contribution in [0.1, 0.15) is 55.0 Å². The lowest BCUT2D eigenvalue weighted by atomic mass is 9.78. The standard InChI is InChI=1S/C31H32N4O3S/c1-30(2)13-12-24(22-7-4-5-9-25(22)39-3)35(29(30)38)18-26(36)33-21-11-10-19-16-31(17-20(19)15-21)23-8-6-14-32-27(23)34-28(31)37/h4-11,14-15,24H,12-13,16-18H2,1-3H3,(H,33,36)(H,32,34,37). The lowest BCUT2D eigenvalue weighted by Crippen LogP contribution is -2.50. The van der Waals surface area contributed by atoms with E-state index in [2.05, 4.69) is 27.8 Å². The fourth-order valence-corrected chi connectivity index (χ4v) is 7.09. The lowest BCUT2D eigenvalue weighted by Gasteiger charge is -2.43. The molecule has 3 amide bonds. The summed E-state index contributed by atoms with van der Waals surface area (Å²) in [5, 5.41) is 5.96. The first-order chi connectivity index (χ1) is 18.7. The number of benzene rings is 2. The predicted molar refractivity (Wildman–Crippen MR) is 153 cm³/mol. The van der Waals surface area contributed by atoms with E-state index in [9.17, 15) is 14.4 Å². The number of pyridine rings is 1. The summed E-state index contributed by atoms with van der Waals surface area (Å²) in [7, 11) is 0. The van der Waals surface area contributed by atoms with Gasteiger partial charge in [0.05, 0.1) is 11.5 Å². The van der Waals surface area contributed by atoms with E-state index in [1.165, 1.54) is 0 Å². The van der Waals surface area contributed by atoms with Crippen molar-refractivity contribution >= 4 is 41.0 Å². The fourth-order valence-electron chi connectivity index (χ4n) is 6.44. The first-order valence-corrected chi connectivity index (χ1v) is 14.6. The van der Waals surface area contributed by atoms with Gasteiger partial charge in [-0.15, -0.1) is 11.8 Å². The Balaban J connectivity index is 1.22. The third-order valence-electron chi connectivity index (χ3n) is 8.54. The van der Waals surface area contributed by atoms with E-state index in [1.54, 1.807) is 22.9 Å². The Morgan fingerprint density at radius 2 is 1.90 bits per heavy atom. The van der Waals surface area contributed by atoms with Gasteiger partial charge in [-0.2, -0.15) is 0 Å². The number of rotatable bonds is 5. The van der Waals surface area contributed by atoms with E-state index in [0.29, 0.717) is 24.3 Å². The van der Waals surface area contributed by atoms with Crippen LogP contribution in [0.15, 0.2) is 65.7 Å². The van der Waals surface area contributed by atoms with Gasteiger partial charge in [-0.1, -0.05) is 44.2 Å². The molecule has 200 valence electrons. The number of aromatic nitrogens is 1. The highest BCUT2D eigenvalue weighted by atomic mass is 32.2. The molecule has 1 saturated heterocycles. The average Bonchev–Trinajstić information content (AvgIpc) is 3.44. The van der Waals surface area contributed by atoms with Gasteiger partial charge in [-0.05, 0) is 72.9 Å². The maximum Gasteiger partial charge on any atom is 0.244 e. The Hall–Kier alpha value is -3.65. The van der Waals surface area contributed by atoms with Crippen LogP contribution in [0.3, 0.4) is 0 Å². The highest BCUT2D eigenvalue weighted by Crippen LogP contribution is 2.47. The SMILES string of the molecule is CSc1ccccc1C1CCC(C)(C)C(=O)N1CC(=O)Nc1ccc2c(c1)CC1(C2)C(=O)Nc2ncccc21. The zero-order chi connectivity index (χ0) is 27.4. The van der Waals surface area contributed by atoms with Crippen LogP contribution in [0, 0.1) is 5.41 Å². The van der Waals surface area contributed by atoms with Gasteiger partial charge in [0.25, 0.3) is 0 Å². The molecule has 2 N–H and O–H groups in total. The summed E-state index contributed by atoms with van der Waals surface area (Å²) in [6.07, 6.45) is 6.47. The van der Waals surface area contributed by atoms with Gasteiger partial charge < -0.3 is 15.5 Å². The lowest BCUT2D eigenvalue weighted by molar-refractivity contribution is -0.150. The molecule has 2 unspecified atom stereocenters. The van der Waals surface area contributed by atoms with Crippen LogP contribution in [0.5, 0.6) is 0 Å². The van der Waals surface area contributed by atoms with Gasteiger partial charge in [0, 0.05) is 27.8 Å². The summed E-state index contributed by atoms with van der Waals surface area (Å²) in [5.41, 5.74) is 3.67. The molecule has 39 heavy (non-hydrogen) atoms. The Kier molecular flexibility index (Phi) is 6.25. The molecule has 0 bridgehead atoms. The zero-order valence-electron chi connectivity index (χ0n) is 22.4. The fraction of sp³-hybridized carbons (Fsp3) is 0.355. The van der Waals surface area contributed by atoms with Crippen LogP contribution in [0.4, 0.5) is 11.5 Å². The van der Waals surface area contributed by atoms with Crippen molar-refractivity contribution in [3.63, 3.8) is 0 Å². The summed E-state index contributed by atoms with van der Waals surface area (Å²) in [5.74, 6) is 0.380. The molecule has 1 fully saturated rings. The number of amides is 3. The molecule has 8 heteroatoms. The quantitative estimate of drug-likeness (QED) is 0.439. The van der Waals surface area contributed by atoms with Crippen LogP contribution in [-0.2, 0) is 32.6 Å². The number of anilines is 2. The molecule has 3 heterocycles. The third-order valence-corrected chi connectivity index (χ3v) is 9.35. The van der Waals surface area contributed by atoms with Crippen molar-refractivity contribution in [2.75, 3.05) is 23.4 Å². The van der Waals surface area contributed by atoms with Gasteiger partial charge in [-0.25, -0.2) is 4.98 Å². The van der Waals surface area contributed by atoms with Gasteiger partial charge in [-0.3, -0.25) is 14.4 Å². The molecule has 2 atom stereocenters. The normalized spacial score (nSPS) is 22.9. The van der Waals surface area contributed by atoms with Crippen LogP contribution in [0.25, 0.3) is 0 Å². The largest absolute Gasteiger partial charge is 0.326 e. The van der Waals surface area contributed by atoms with Crippen molar-refractivity contribution in [2.45, 2.75) is 55.9 Å². The maximum absolute atomic E-state index is 13.5. The minimum absolute atomic E-state index is 0.000205. The Morgan fingerprint density at radius 3 is 2.72 bits per heavy atom. The average molecular weight is 541 g/mol. The highest BCUT2D eigenvalue weighted by molar-refractivity contribution is 7.98. The molecule has 3 aromatic rings. The minimum atomic E-state index is -0.655. The summed E-state index contributed by atoms with van der Waals surface area (Å²) in [6.45, 7) is 3.90. The Labute approximate surface area is 232 Å². The second kappa shape index (κ2) is 9.52. The van der Waals surface area contributed by atoms with Crippen molar-refractivity contribution in [1.82, 2.24) is 9.88 Å². The zero-order valence-corrected chi connectivity index (χ0v) is 23.2. The molecule has 1 spiro atoms. The summed E-state index contributed by atoms with van der Waals surface area (Å²) in [4.78, 5) is 47.1. The van der Waals surface area contributed by atoms with E-state index in [4.69, 9.17) is 0 Å². The number of piperidine rings is 1. The van der Waals surface area contributed by atoms with Crippen molar-refractivity contribution in [2.24, 2.45) is 5.41 Å². The van der Waals surface area contributed by atoms with Crippen molar-refractivity contribution in [3.05, 3.63) is 83.0 Å². The van der Waals surface area contributed by atoms with Crippen LogP contribution >= 0.6 is 11.8 Å². The highest BCUT2D eigenvalue weighted by Gasteiger charge is 2.51. The second-order valence-electron chi connectivity index (χ2n) is 11.4. The molecule has 0 radical (unpaired) electrons. The van der Waals surface area contributed by atoms with Crippen LogP contribution < -0.4 is 10.6 Å². The number of hydrogen-bond donors (Lipinski definition) is 2. The molecule has 1 aliphatic carbocycles. The van der Waals surface area contributed by atoms with Gasteiger partial charge in [0.1, 0.15) is 12.4 Å². The minimum Gasteiger partial charge on any atom is -0.326 e. The maximum atomic E-state index is 13.5. The molecule has 7 nitrogen and oxygen atoms in total. The first kappa shape index (κ1) is 25.6. The molecule has 2 aliphatic heterocycles. The first-order valence-electron chi connectivity index (χ1n) is 13.3. The predicted octanol–water partition coefficient (Wildman–Crippen LogP) is 5.12. The number of nitrogens with zero attached hydrogens (tertiary/aromatic N) is 2. The monoisotopic (exact) mass is 540 g/mol. The second-order valence-corrected chi connectivity index (χ2v) is 12.3. The molecule has 0 saturated carbocycles. The molecule has 3 aliphatic rings. The van der Waals surface area contributed by atoms with Gasteiger partial charge >= 0.3 is 0 Å². The van der Waals surface area contributed by atoms with Crippen molar-refractivity contribution in [3.8, 4) is 0 Å². The number of hydrogen-bond acceptors (Lipinski definition) is 5. The van der Waals surface area contributed by atoms with E-state index in [1.807, 2.05) is 62.6 Å². The number of carbonyl (C=O) groups excluding carboxylic acids is 3. The molecule has 2 aromatic carbocycles. The summed E-state index contributed by atoms with van der Waals surface area (Å²) in [6, 6.07) is 17.7. The van der Waals surface area contributed by atoms with Crippen molar-refractivity contribution < 1.29 is 14.4 Å². The van der Waals surface area contributed by atoms with E-state index in [0.717, 1.165) is 40.0 Å². The smallest absolute Gasteiger partial charge is 0.244 e. The molecular weight excluding hydrogens is 508 g/mol. The number of nitrogens with one attached hydrogen (secondary N) is 2. The number of thioether (sulfide) groups is 1.